The number of halogens is 6. The number of carbonyl (C=O) groups excluding carboxylic acids is 1. The van der Waals surface area contributed by atoms with Gasteiger partial charge in [-0.1, -0.05) is 25.4 Å². The van der Waals surface area contributed by atoms with E-state index in [0.29, 0.717) is 25.7 Å². The molecule has 2 aromatic heterocycles. The second-order valence-electron chi connectivity index (χ2n) is 10.6. The molecule has 14 heteroatoms. The first kappa shape index (κ1) is 31.3. The fraction of sp³-hybridized carbons (Fsp3) is 0.640. The van der Waals surface area contributed by atoms with Gasteiger partial charge in [-0.3, -0.25) is 14.5 Å². The normalized spacial score (nSPS) is 18.9. The molecular formula is C25H32ClF5N4O3S. The molecule has 2 aromatic rings. The number of sulfone groups is 1. The first-order valence-electron chi connectivity index (χ1n) is 12.5. The molecule has 0 spiro atoms. The van der Waals surface area contributed by atoms with Gasteiger partial charge in [0.2, 0.25) is 0 Å². The molecule has 2 heterocycles. The Morgan fingerprint density at radius 1 is 1.21 bits per heavy atom. The molecule has 7 nitrogen and oxygen atoms in total. The van der Waals surface area contributed by atoms with Crippen molar-refractivity contribution in [2.45, 2.75) is 77.3 Å². The van der Waals surface area contributed by atoms with Crippen molar-refractivity contribution in [2.75, 3.05) is 12.8 Å². The molecular weight excluding hydrogens is 567 g/mol. The third-order valence-corrected chi connectivity index (χ3v) is 9.27. The number of carbonyl (C=O) groups is 1. The number of hydrogen-bond donors (Lipinski definition) is 1. The van der Waals surface area contributed by atoms with Crippen LogP contribution in [-0.2, 0) is 22.8 Å². The number of nitrogens with one attached hydrogen (secondary N) is 1. The number of rotatable bonds is 9. The van der Waals surface area contributed by atoms with Crippen LogP contribution in [-0.4, -0.2) is 53.3 Å². The highest BCUT2D eigenvalue weighted by molar-refractivity contribution is 7.91. The highest BCUT2D eigenvalue weighted by Gasteiger charge is 2.47. The Morgan fingerprint density at radius 3 is 2.33 bits per heavy atom. The summed E-state index contributed by atoms with van der Waals surface area (Å²) < 4.78 is 92.9. The van der Waals surface area contributed by atoms with Crippen LogP contribution in [0, 0.1) is 11.3 Å². The summed E-state index contributed by atoms with van der Waals surface area (Å²) in [4.78, 5) is 16.9. The van der Waals surface area contributed by atoms with E-state index < -0.39 is 45.7 Å². The maximum atomic E-state index is 14.1. The van der Waals surface area contributed by atoms with Crippen molar-refractivity contribution in [1.82, 2.24) is 20.1 Å². The summed E-state index contributed by atoms with van der Waals surface area (Å²) in [6.45, 7) is 4.05. The summed E-state index contributed by atoms with van der Waals surface area (Å²) in [6, 6.07) is 0.934. The average Bonchev–Trinajstić information content (AvgIpc) is 3.17. The van der Waals surface area contributed by atoms with Gasteiger partial charge in [-0.15, -0.1) is 0 Å². The van der Waals surface area contributed by atoms with E-state index in [4.69, 9.17) is 11.6 Å². The lowest BCUT2D eigenvalue weighted by Crippen LogP contribution is -2.34. The summed E-state index contributed by atoms with van der Waals surface area (Å²) >= 11 is 6.48. The Hall–Kier alpha value is -2.28. The molecule has 218 valence electrons. The Kier molecular flexibility index (Phi) is 9.36. The summed E-state index contributed by atoms with van der Waals surface area (Å²) in [5.74, 6) is -0.546. The number of pyridine rings is 1. The van der Waals surface area contributed by atoms with Crippen LogP contribution in [0.5, 0.6) is 0 Å². The second kappa shape index (κ2) is 11.7. The molecule has 1 saturated carbocycles. The lowest BCUT2D eigenvalue weighted by molar-refractivity contribution is -0.211. The van der Waals surface area contributed by atoms with Crippen molar-refractivity contribution in [2.24, 2.45) is 11.3 Å². The topological polar surface area (TPSA) is 94.0 Å². The van der Waals surface area contributed by atoms with Crippen LogP contribution in [0.4, 0.5) is 22.0 Å². The Bertz CT molecular complexity index is 1300. The van der Waals surface area contributed by atoms with Gasteiger partial charge in [0.25, 0.3) is 12.3 Å². The molecule has 1 aliphatic carbocycles. The minimum Gasteiger partial charge on any atom is -0.350 e. The molecule has 3 rings (SSSR count). The zero-order valence-electron chi connectivity index (χ0n) is 22.1. The van der Waals surface area contributed by atoms with E-state index in [1.165, 1.54) is 10.9 Å². The van der Waals surface area contributed by atoms with Gasteiger partial charge in [0.05, 0.1) is 21.4 Å². The number of aryl methyl sites for hydroxylation is 1. The van der Waals surface area contributed by atoms with E-state index in [-0.39, 0.29) is 51.9 Å². The maximum Gasteiger partial charge on any atom is 0.394 e. The first-order chi connectivity index (χ1) is 18.0. The molecule has 0 atom stereocenters. The van der Waals surface area contributed by atoms with Crippen molar-refractivity contribution in [3.63, 3.8) is 0 Å². The molecule has 0 aliphatic heterocycles. The van der Waals surface area contributed by atoms with E-state index in [2.05, 4.69) is 15.4 Å². The lowest BCUT2D eigenvalue weighted by atomic mass is 9.86. The number of nitrogens with zero attached hydrogens (tertiary/aromatic N) is 3. The summed E-state index contributed by atoms with van der Waals surface area (Å²) in [6.07, 6.45) is -3.68. The standard InChI is InChI=1S/C25H32ClF5N4O3S/c1-5-35-21(18-13-32-15(10-17(18)22(27)28)11-24(2,3)25(29,30)31)19(26)20(34-35)23(36)33-12-14-6-8-16(9-7-14)39(4,37)38/h10,13-14,16,22H,5-9,11-12H2,1-4H3,(H,33,36). The molecule has 39 heavy (non-hydrogen) atoms. The fourth-order valence-corrected chi connectivity index (χ4v) is 6.15. The van der Waals surface area contributed by atoms with Gasteiger partial charge in [-0.05, 0) is 44.6 Å². The van der Waals surface area contributed by atoms with E-state index in [0.717, 1.165) is 26.1 Å². The van der Waals surface area contributed by atoms with Crippen molar-refractivity contribution in [1.29, 1.82) is 0 Å². The number of hydrogen-bond acceptors (Lipinski definition) is 5. The van der Waals surface area contributed by atoms with E-state index in [1.807, 2.05) is 0 Å². The minimum atomic E-state index is -4.56. The van der Waals surface area contributed by atoms with Gasteiger partial charge < -0.3 is 5.32 Å². The average molecular weight is 599 g/mol. The number of aromatic nitrogens is 3. The van der Waals surface area contributed by atoms with Crippen LogP contribution < -0.4 is 5.32 Å². The van der Waals surface area contributed by atoms with Crippen molar-refractivity contribution in [3.8, 4) is 11.3 Å². The fourth-order valence-electron chi connectivity index (χ4n) is 4.70. The molecule has 1 N–H and O–H groups in total. The van der Waals surface area contributed by atoms with Crippen molar-refractivity contribution in [3.05, 3.63) is 34.2 Å². The third kappa shape index (κ3) is 7.08. The lowest BCUT2D eigenvalue weighted by Gasteiger charge is -2.27. The largest absolute Gasteiger partial charge is 0.394 e. The Labute approximate surface area is 229 Å². The number of alkyl halides is 5. The Balaban J connectivity index is 1.84. The van der Waals surface area contributed by atoms with Crippen LogP contribution in [0.15, 0.2) is 12.3 Å². The first-order valence-corrected chi connectivity index (χ1v) is 14.9. The van der Waals surface area contributed by atoms with Gasteiger partial charge in [0.1, 0.15) is 9.84 Å². The predicted molar refractivity (Wildman–Crippen MR) is 138 cm³/mol. The summed E-state index contributed by atoms with van der Waals surface area (Å²) in [5, 5.41) is 6.38. The van der Waals surface area contributed by atoms with Gasteiger partial charge in [-0.2, -0.15) is 18.3 Å². The summed E-state index contributed by atoms with van der Waals surface area (Å²) in [7, 11) is -3.11. The molecule has 0 bridgehead atoms. The molecule has 1 fully saturated rings. The SMILES string of the molecule is CCn1nc(C(=O)NCC2CCC(S(C)(=O)=O)CC2)c(Cl)c1-c1cnc(CC(C)(C)C(F)(F)F)cc1C(F)F. The quantitative estimate of drug-likeness (QED) is 0.356. The zero-order chi connectivity index (χ0) is 29.3. The smallest absolute Gasteiger partial charge is 0.350 e. The third-order valence-electron chi connectivity index (χ3n) is 7.23. The van der Waals surface area contributed by atoms with Gasteiger partial charge in [-0.25, -0.2) is 17.2 Å². The molecule has 1 aliphatic rings. The highest BCUT2D eigenvalue weighted by atomic mass is 35.5. The second-order valence-corrected chi connectivity index (χ2v) is 13.3. The molecule has 0 saturated heterocycles. The van der Waals surface area contributed by atoms with Crippen LogP contribution in [0.2, 0.25) is 5.02 Å². The predicted octanol–water partition coefficient (Wildman–Crippen LogP) is 6.02. The molecule has 0 aromatic carbocycles. The highest BCUT2D eigenvalue weighted by Crippen LogP contribution is 2.42. The molecule has 0 unspecified atom stereocenters. The van der Waals surface area contributed by atoms with Gasteiger partial charge in [0, 0.05) is 48.8 Å². The minimum absolute atomic E-state index is 0.0161. The van der Waals surface area contributed by atoms with E-state index >= 15 is 0 Å². The molecule has 0 radical (unpaired) electrons. The van der Waals surface area contributed by atoms with Crippen LogP contribution in [0.25, 0.3) is 11.3 Å². The summed E-state index contributed by atoms with van der Waals surface area (Å²) in [5.41, 5.74) is -3.19. The zero-order valence-corrected chi connectivity index (χ0v) is 23.7. The van der Waals surface area contributed by atoms with Gasteiger partial charge in [0.15, 0.2) is 5.69 Å². The van der Waals surface area contributed by atoms with Crippen molar-refractivity contribution < 1.29 is 35.2 Å². The van der Waals surface area contributed by atoms with E-state index in [9.17, 15) is 35.2 Å². The number of amides is 1. The van der Waals surface area contributed by atoms with Crippen molar-refractivity contribution >= 4 is 27.3 Å². The van der Waals surface area contributed by atoms with E-state index in [1.54, 1.807) is 6.92 Å². The molecule has 1 amide bonds. The maximum absolute atomic E-state index is 14.1. The monoisotopic (exact) mass is 598 g/mol. The van der Waals surface area contributed by atoms with Crippen LogP contribution in [0.1, 0.15) is 74.6 Å². The van der Waals surface area contributed by atoms with Crippen LogP contribution >= 0.6 is 11.6 Å². The Morgan fingerprint density at radius 2 is 1.82 bits per heavy atom. The van der Waals surface area contributed by atoms with Gasteiger partial charge >= 0.3 is 6.18 Å². The van der Waals surface area contributed by atoms with Crippen LogP contribution in [0.3, 0.4) is 0 Å².